The van der Waals surface area contributed by atoms with Gasteiger partial charge in [-0.3, -0.25) is 4.79 Å². The Kier molecular flexibility index (Phi) is 4.68. The molecule has 0 unspecified atom stereocenters. The summed E-state index contributed by atoms with van der Waals surface area (Å²) in [5.41, 5.74) is 1.60. The summed E-state index contributed by atoms with van der Waals surface area (Å²) in [4.78, 5) is 14.7. The highest BCUT2D eigenvalue weighted by atomic mass is 32.1. The van der Waals surface area contributed by atoms with Crippen LogP contribution in [0.4, 0.5) is 0 Å². The van der Waals surface area contributed by atoms with E-state index in [1.807, 2.05) is 29.2 Å². The number of hydrogen-bond donors (Lipinski definition) is 0. The summed E-state index contributed by atoms with van der Waals surface area (Å²) < 4.78 is 9.03. The second-order valence-electron chi connectivity index (χ2n) is 5.43. The Morgan fingerprint density at radius 2 is 2.09 bits per heavy atom. The minimum absolute atomic E-state index is 0.0172. The summed E-state index contributed by atoms with van der Waals surface area (Å²) in [5.74, 6) is 0.815. The number of hydrogen-bond acceptors (Lipinski definition) is 5. The lowest BCUT2D eigenvalue weighted by Gasteiger charge is -2.30. The number of amides is 1. The first kappa shape index (κ1) is 15.0. The van der Waals surface area contributed by atoms with Crippen molar-refractivity contribution in [1.29, 1.82) is 0 Å². The smallest absolute Gasteiger partial charge is 0.275 e. The van der Waals surface area contributed by atoms with Gasteiger partial charge in [0.2, 0.25) is 0 Å². The van der Waals surface area contributed by atoms with E-state index in [1.54, 1.807) is 12.5 Å². The van der Waals surface area contributed by atoms with Gasteiger partial charge in [0.1, 0.15) is 5.75 Å². The number of aromatic nitrogens is 2. The number of likely N-dealkylation sites (tertiary alicyclic amines) is 1. The zero-order valence-corrected chi connectivity index (χ0v) is 13.4. The first-order valence-corrected chi connectivity index (χ1v) is 8.35. The van der Waals surface area contributed by atoms with Crippen molar-refractivity contribution in [1.82, 2.24) is 14.5 Å². The van der Waals surface area contributed by atoms with Gasteiger partial charge in [0.25, 0.3) is 5.91 Å². The maximum Gasteiger partial charge on any atom is 0.275 e. The van der Waals surface area contributed by atoms with Gasteiger partial charge in [-0.05, 0) is 42.1 Å². The molecular weight excluding hydrogens is 298 g/mol. The number of nitrogens with zero attached hydrogens (tertiary/aromatic N) is 3. The summed E-state index contributed by atoms with van der Waals surface area (Å²) >= 11 is 1.21. The number of benzene rings is 1. The largest absolute Gasteiger partial charge is 0.497 e. The molecule has 5 nitrogen and oxygen atoms in total. The Morgan fingerprint density at radius 3 is 2.77 bits per heavy atom. The van der Waals surface area contributed by atoms with Gasteiger partial charge in [-0.25, -0.2) is 0 Å². The zero-order valence-electron chi connectivity index (χ0n) is 12.6. The van der Waals surface area contributed by atoms with Gasteiger partial charge in [0.05, 0.1) is 13.2 Å². The molecule has 0 N–H and O–H groups in total. The normalized spacial score (nSPS) is 18.8. The standard InChI is InChI=1S/C16H19N3O2S/c1-21-13-8-6-12(7-9-13)15-5-3-2-4-10-19(15)16(20)14-11-22-18-17-14/h6-9,11,15H,2-5,10H2,1H3/t15-/m0/s1. The van der Waals surface area contributed by atoms with Crippen LogP contribution in [-0.4, -0.2) is 34.0 Å². The van der Waals surface area contributed by atoms with Crippen LogP contribution in [0.25, 0.3) is 0 Å². The van der Waals surface area contributed by atoms with Crippen LogP contribution in [0.2, 0.25) is 0 Å². The fraction of sp³-hybridized carbons (Fsp3) is 0.438. The highest BCUT2D eigenvalue weighted by Crippen LogP contribution is 2.32. The molecule has 1 aliphatic rings. The van der Waals surface area contributed by atoms with E-state index in [4.69, 9.17) is 4.74 Å². The summed E-state index contributed by atoms with van der Waals surface area (Å²) in [7, 11) is 1.66. The van der Waals surface area contributed by atoms with E-state index < -0.39 is 0 Å². The predicted molar refractivity (Wildman–Crippen MR) is 85.1 cm³/mol. The maximum absolute atomic E-state index is 12.7. The number of methoxy groups -OCH3 is 1. The fourth-order valence-electron chi connectivity index (χ4n) is 2.93. The minimum atomic E-state index is -0.0172. The Hall–Kier alpha value is -1.95. The van der Waals surface area contributed by atoms with Gasteiger partial charge in [0, 0.05) is 11.9 Å². The molecule has 1 saturated heterocycles. The molecule has 1 amide bonds. The van der Waals surface area contributed by atoms with E-state index >= 15 is 0 Å². The van der Waals surface area contributed by atoms with Gasteiger partial charge in [0.15, 0.2) is 5.69 Å². The second-order valence-corrected chi connectivity index (χ2v) is 6.04. The van der Waals surface area contributed by atoms with Crippen LogP contribution in [0.15, 0.2) is 29.6 Å². The molecule has 1 fully saturated rings. The van der Waals surface area contributed by atoms with Crippen LogP contribution in [0, 0.1) is 0 Å². The topological polar surface area (TPSA) is 55.3 Å². The van der Waals surface area contributed by atoms with Crippen molar-refractivity contribution >= 4 is 17.4 Å². The molecule has 0 aliphatic carbocycles. The number of rotatable bonds is 3. The number of carbonyl (C=O) groups is 1. The first-order valence-electron chi connectivity index (χ1n) is 7.51. The molecule has 22 heavy (non-hydrogen) atoms. The van der Waals surface area contributed by atoms with E-state index in [-0.39, 0.29) is 11.9 Å². The second kappa shape index (κ2) is 6.87. The van der Waals surface area contributed by atoms with Crippen molar-refractivity contribution in [2.45, 2.75) is 31.7 Å². The molecular formula is C16H19N3O2S. The van der Waals surface area contributed by atoms with E-state index in [1.165, 1.54) is 11.5 Å². The molecule has 0 saturated carbocycles. The van der Waals surface area contributed by atoms with Gasteiger partial charge in [-0.2, -0.15) is 0 Å². The van der Waals surface area contributed by atoms with Crippen LogP contribution >= 0.6 is 11.5 Å². The summed E-state index contributed by atoms with van der Waals surface area (Å²) in [5, 5.41) is 5.66. The fourth-order valence-corrected chi connectivity index (χ4v) is 3.36. The average molecular weight is 317 g/mol. The van der Waals surface area contributed by atoms with Crippen LogP contribution in [0.3, 0.4) is 0 Å². The van der Waals surface area contributed by atoms with Crippen LogP contribution < -0.4 is 4.74 Å². The molecule has 2 heterocycles. The zero-order chi connectivity index (χ0) is 15.4. The molecule has 0 spiro atoms. The van der Waals surface area contributed by atoms with E-state index in [0.29, 0.717) is 5.69 Å². The van der Waals surface area contributed by atoms with Crippen LogP contribution in [-0.2, 0) is 0 Å². The van der Waals surface area contributed by atoms with E-state index in [9.17, 15) is 4.79 Å². The first-order chi connectivity index (χ1) is 10.8. The predicted octanol–water partition coefficient (Wildman–Crippen LogP) is 3.30. The summed E-state index contributed by atoms with van der Waals surface area (Å²) in [6, 6.07) is 8.10. The number of carbonyl (C=O) groups excluding carboxylic acids is 1. The third-order valence-corrected chi connectivity index (χ3v) is 4.60. The molecule has 1 aliphatic heterocycles. The molecule has 1 atom stereocenters. The van der Waals surface area contributed by atoms with Crippen LogP contribution in [0.5, 0.6) is 5.75 Å². The molecule has 6 heteroatoms. The van der Waals surface area contributed by atoms with Gasteiger partial charge < -0.3 is 9.64 Å². The van der Waals surface area contributed by atoms with Gasteiger partial charge in [-0.15, -0.1) is 5.10 Å². The maximum atomic E-state index is 12.7. The SMILES string of the molecule is COc1ccc([C@@H]2CCCCCN2C(=O)c2csnn2)cc1. The molecule has 0 radical (unpaired) electrons. The van der Waals surface area contributed by atoms with E-state index in [2.05, 4.69) is 9.59 Å². The Balaban J connectivity index is 1.88. The lowest BCUT2D eigenvalue weighted by atomic mass is 10.0. The van der Waals surface area contributed by atoms with Crippen molar-refractivity contribution in [2.75, 3.05) is 13.7 Å². The van der Waals surface area contributed by atoms with Crippen molar-refractivity contribution in [2.24, 2.45) is 0 Å². The van der Waals surface area contributed by atoms with Crippen molar-refractivity contribution < 1.29 is 9.53 Å². The molecule has 2 aromatic rings. The summed E-state index contributed by atoms with van der Waals surface area (Å²) in [6.45, 7) is 0.771. The van der Waals surface area contributed by atoms with Gasteiger partial charge in [-0.1, -0.05) is 29.5 Å². The van der Waals surface area contributed by atoms with E-state index in [0.717, 1.165) is 43.5 Å². The molecule has 1 aromatic heterocycles. The Labute approximate surface area is 134 Å². The monoisotopic (exact) mass is 317 g/mol. The van der Waals surface area contributed by atoms with Crippen molar-refractivity contribution in [3.8, 4) is 5.75 Å². The van der Waals surface area contributed by atoms with Crippen molar-refractivity contribution in [3.05, 3.63) is 40.9 Å². The quantitative estimate of drug-likeness (QED) is 0.871. The third kappa shape index (κ3) is 3.11. The minimum Gasteiger partial charge on any atom is -0.497 e. The van der Waals surface area contributed by atoms with Crippen molar-refractivity contribution in [3.63, 3.8) is 0 Å². The average Bonchev–Trinajstić information content (AvgIpc) is 2.99. The van der Waals surface area contributed by atoms with Crippen LogP contribution in [0.1, 0.15) is 47.8 Å². The molecule has 3 rings (SSSR count). The Morgan fingerprint density at radius 1 is 1.27 bits per heavy atom. The lowest BCUT2D eigenvalue weighted by molar-refractivity contribution is 0.0675. The third-order valence-electron chi connectivity index (χ3n) is 4.09. The highest BCUT2D eigenvalue weighted by molar-refractivity contribution is 7.03. The number of ether oxygens (including phenoxy) is 1. The highest BCUT2D eigenvalue weighted by Gasteiger charge is 2.28. The lowest BCUT2D eigenvalue weighted by Crippen LogP contribution is -2.35. The molecule has 116 valence electrons. The van der Waals surface area contributed by atoms with Gasteiger partial charge >= 0.3 is 0 Å². The Bertz CT molecular complexity index is 613. The molecule has 1 aromatic carbocycles. The summed E-state index contributed by atoms with van der Waals surface area (Å²) in [6.07, 6.45) is 4.31. The molecule has 0 bridgehead atoms.